The molecule has 0 fully saturated rings. The average molecular weight is 233 g/mol. The fourth-order valence-electron chi connectivity index (χ4n) is 2.04. The Hall–Kier alpha value is -1.29. The van der Waals surface area contributed by atoms with E-state index in [4.69, 9.17) is 0 Å². The molecule has 0 bridgehead atoms. The van der Waals surface area contributed by atoms with E-state index in [0.29, 0.717) is 6.42 Å². The number of nitrogens with zero attached hydrogens (tertiary/aromatic N) is 3. The lowest BCUT2D eigenvalue weighted by Crippen LogP contribution is -2.17. The second kappa shape index (κ2) is 5.36. The first-order valence-corrected chi connectivity index (χ1v) is 6.19. The quantitative estimate of drug-likeness (QED) is 0.742. The summed E-state index contributed by atoms with van der Waals surface area (Å²) in [5, 5.41) is 0. The highest BCUT2D eigenvalue weighted by molar-refractivity contribution is 5.97. The SMILES string of the molecule is CN(C)CCc1ncc2c(n1)CCCCC2=O. The molecule has 17 heavy (non-hydrogen) atoms. The zero-order valence-corrected chi connectivity index (χ0v) is 10.6. The molecule has 0 saturated carbocycles. The van der Waals surface area contributed by atoms with E-state index in [1.807, 2.05) is 14.1 Å². The molecule has 1 heterocycles. The van der Waals surface area contributed by atoms with E-state index in [9.17, 15) is 4.79 Å². The van der Waals surface area contributed by atoms with Crippen LogP contribution in [0, 0.1) is 0 Å². The number of likely N-dealkylation sites (N-methyl/N-ethyl adjacent to an activating group) is 1. The van der Waals surface area contributed by atoms with Gasteiger partial charge in [-0.2, -0.15) is 0 Å². The van der Waals surface area contributed by atoms with Crippen LogP contribution in [-0.4, -0.2) is 41.3 Å². The number of carbonyl (C=O) groups is 1. The fourth-order valence-corrected chi connectivity index (χ4v) is 2.04. The van der Waals surface area contributed by atoms with Crippen molar-refractivity contribution in [2.45, 2.75) is 32.1 Å². The van der Waals surface area contributed by atoms with E-state index in [2.05, 4.69) is 14.9 Å². The van der Waals surface area contributed by atoms with Gasteiger partial charge in [-0.05, 0) is 33.4 Å². The Balaban J connectivity index is 2.18. The standard InChI is InChI=1S/C13H19N3O/c1-16(2)8-7-13-14-9-10-11(15-13)5-3-4-6-12(10)17/h9H,3-8H2,1-2H3. The molecule has 0 atom stereocenters. The molecule has 1 aliphatic rings. The number of ketones is 1. The lowest BCUT2D eigenvalue weighted by molar-refractivity contribution is 0.0981. The first-order valence-electron chi connectivity index (χ1n) is 6.19. The largest absolute Gasteiger partial charge is 0.309 e. The molecule has 0 unspecified atom stereocenters. The first-order chi connectivity index (χ1) is 8.16. The summed E-state index contributed by atoms with van der Waals surface area (Å²) in [6.07, 6.45) is 6.16. The molecule has 1 aromatic heterocycles. The van der Waals surface area contributed by atoms with Crippen LogP contribution in [0.2, 0.25) is 0 Å². The molecule has 1 aliphatic carbocycles. The van der Waals surface area contributed by atoms with Crippen molar-refractivity contribution in [3.63, 3.8) is 0 Å². The Morgan fingerprint density at radius 3 is 2.82 bits per heavy atom. The van der Waals surface area contributed by atoms with Gasteiger partial charge in [0.25, 0.3) is 0 Å². The lowest BCUT2D eigenvalue weighted by Gasteiger charge is -2.09. The molecule has 92 valence electrons. The zero-order chi connectivity index (χ0) is 12.3. The highest BCUT2D eigenvalue weighted by Crippen LogP contribution is 2.18. The minimum absolute atomic E-state index is 0.205. The number of aryl methyl sites for hydroxylation is 1. The van der Waals surface area contributed by atoms with E-state index in [0.717, 1.165) is 49.3 Å². The van der Waals surface area contributed by atoms with Crippen molar-refractivity contribution in [2.75, 3.05) is 20.6 Å². The molecule has 0 spiro atoms. The van der Waals surface area contributed by atoms with E-state index >= 15 is 0 Å². The van der Waals surface area contributed by atoms with Crippen LogP contribution in [0.5, 0.6) is 0 Å². The van der Waals surface area contributed by atoms with Gasteiger partial charge in [0.1, 0.15) is 5.82 Å². The summed E-state index contributed by atoms with van der Waals surface area (Å²) in [7, 11) is 4.07. The normalized spacial score (nSPS) is 15.8. The van der Waals surface area contributed by atoms with E-state index in [-0.39, 0.29) is 5.78 Å². The predicted molar refractivity (Wildman–Crippen MR) is 66.2 cm³/mol. The Bertz CT molecular complexity index is 415. The van der Waals surface area contributed by atoms with Gasteiger partial charge in [-0.15, -0.1) is 0 Å². The molecule has 1 aromatic rings. The monoisotopic (exact) mass is 233 g/mol. The summed E-state index contributed by atoms with van der Waals surface area (Å²) in [6.45, 7) is 0.937. The van der Waals surface area contributed by atoms with Crippen molar-refractivity contribution in [1.29, 1.82) is 0 Å². The van der Waals surface area contributed by atoms with Gasteiger partial charge in [-0.1, -0.05) is 0 Å². The van der Waals surface area contributed by atoms with Crippen LogP contribution in [0.3, 0.4) is 0 Å². The smallest absolute Gasteiger partial charge is 0.166 e. The highest BCUT2D eigenvalue weighted by Gasteiger charge is 2.17. The number of carbonyl (C=O) groups excluding carboxylic acids is 1. The van der Waals surface area contributed by atoms with E-state index < -0.39 is 0 Å². The average Bonchev–Trinajstić information content (AvgIpc) is 2.49. The molecular weight excluding hydrogens is 214 g/mol. The van der Waals surface area contributed by atoms with Crippen LogP contribution in [-0.2, 0) is 12.8 Å². The van der Waals surface area contributed by atoms with Crippen LogP contribution in [0.1, 0.15) is 41.1 Å². The number of aromatic nitrogens is 2. The van der Waals surface area contributed by atoms with Crippen LogP contribution in [0.4, 0.5) is 0 Å². The van der Waals surface area contributed by atoms with Gasteiger partial charge in [0.05, 0.1) is 11.3 Å². The summed E-state index contributed by atoms with van der Waals surface area (Å²) < 4.78 is 0. The van der Waals surface area contributed by atoms with Crippen molar-refractivity contribution >= 4 is 5.78 Å². The molecule has 4 nitrogen and oxygen atoms in total. The van der Waals surface area contributed by atoms with E-state index in [1.54, 1.807) is 6.20 Å². The molecule has 0 aromatic carbocycles. The van der Waals surface area contributed by atoms with Crippen LogP contribution in [0.15, 0.2) is 6.20 Å². The third kappa shape index (κ3) is 3.09. The number of rotatable bonds is 3. The van der Waals surface area contributed by atoms with Gasteiger partial charge in [-0.3, -0.25) is 4.79 Å². The van der Waals surface area contributed by atoms with Gasteiger partial charge in [0.15, 0.2) is 5.78 Å². The Kier molecular flexibility index (Phi) is 3.84. The summed E-state index contributed by atoms with van der Waals surface area (Å²) in [6, 6.07) is 0. The number of fused-ring (bicyclic) bond motifs is 1. The van der Waals surface area contributed by atoms with E-state index in [1.165, 1.54) is 0 Å². The maximum atomic E-state index is 11.8. The topological polar surface area (TPSA) is 46.1 Å². The molecule has 0 aliphatic heterocycles. The van der Waals surface area contributed by atoms with Gasteiger partial charge in [0, 0.05) is 25.6 Å². The van der Waals surface area contributed by atoms with Crippen molar-refractivity contribution in [3.05, 3.63) is 23.3 Å². The molecule has 0 amide bonds. The first kappa shape index (κ1) is 12.2. The third-order valence-corrected chi connectivity index (χ3v) is 3.07. The number of hydrogen-bond acceptors (Lipinski definition) is 4. The molecule has 0 saturated heterocycles. The summed E-state index contributed by atoms with van der Waals surface area (Å²) in [5.41, 5.74) is 1.70. The Labute approximate surface area is 102 Å². The maximum absolute atomic E-state index is 11.8. The van der Waals surface area contributed by atoms with Gasteiger partial charge >= 0.3 is 0 Å². The van der Waals surface area contributed by atoms with Crippen molar-refractivity contribution < 1.29 is 4.79 Å². The highest BCUT2D eigenvalue weighted by atomic mass is 16.1. The number of hydrogen-bond donors (Lipinski definition) is 0. The van der Waals surface area contributed by atoms with Crippen LogP contribution in [0.25, 0.3) is 0 Å². The fraction of sp³-hybridized carbons (Fsp3) is 0.615. The minimum atomic E-state index is 0.205. The maximum Gasteiger partial charge on any atom is 0.166 e. The molecule has 4 heteroatoms. The Morgan fingerprint density at radius 2 is 2.06 bits per heavy atom. The van der Waals surface area contributed by atoms with Gasteiger partial charge < -0.3 is 4.90 Å². The van der Waals surface area contributed by atoms with Crippen molar-refractivity contribution in [2.24, 2.45) is 0 Å². The van der Waals surface area contributed by atoms with Crippen LogP contribution >= 0.6 is 0 Å². The molecule has 2 rings (SSSR count). The zero-order valence-electron chi connectivity index (χ0n) is 10.6. The molecule has 0 radical (unpaired) electrons. The summed E-state index contributed by atoms with van der Waals surface area (Å²) in [4.78, 5) is 22.7. The van der Waals surface area contributed by atoms with Gasteiger partial charge in [0.2, 0.25) is 0 Å². The second-order valence-corrected chi connectivity index (χ2v) is 4.83. The number of Topliss-reactive ketones (excluding diaryl/α,β-unsaturated/α-hetero) is 1. The summed E-state index contributed by atoms with van der Waals surface area (Å²) in [5.74, 6) is 1.06. The second-order valence-electron chi connectivity index (χ2n) is 4.83. The van der Waals surface area contributed by atoms with Crippen molar-refractivity contribution in [3.8, 4) is 0 Å². The van der Waals surface area contributed by atoms with Crippen LogP contribution < -0.4 is 0 Å². The Morgan fingerprint density at radius 1 is 1.29 bits per heavy atom. The molecule has 0 N–H and O–H groups in total. The third-order valence-electron chi connectivity index (χ3n) is 3.07. The predicted octanol–water partition coefficient (Wildman–Crippen LogP) is 1.49. The summed E-state index contributed by atoms with van der Waals surface area (Å²) >= 11 is 0. The van der Waals surface area contributed by atoms with Crippen molar-refractivity contribution in [1.82, 2.24) is 14.9 Å². The minimum Gasteiger partial charge on any atom is -0.309 e. The lowest BCUT2D eigenvalue weighted by atomic mass is 10.1. The van der Waals surface area contributed by atoms with Gasteiger partial charge in [-0.25, -0.2) is 9.97 Å². The molecular formula is C13H19N3O.